The molecular formula is C16H13F4N3O2. The minimum atomic E-state index is -1.75. The van der Waals surface area contributed by atoms with E-state index in [1.54, 1.807) is 0 Å². The second-order valence-electron chi connectivity index (χ2n) is 5.39. The Kier molecular flexibility index (Phi) is 4.84. The zero-order valence-corrected chi connectivity index (χ0v) is 12.8. The molecule has 2 aromatic rings. The van der Waals surface area contributed by atoms with Crippen molar-refractivity contribution in [3.8, 4) is 0 Å². The number of ether oxygens (including phenoxy) is 1. The van der Waals surface area contributed by atoms with Crippen molar-refractivity contribution < 1.29 is 27.1 Å². The van der Waals surface area contributed by atoms with Crippen molar-refractivity contribution in [1.82, 2.24) is 4.98 Å². The van der Waals surface area contributed by atoms with Gasteiger partial charge < -0.3 is 15.4 Å². The number of halogens is 4. The van der Waals surface area contributed by atoms with Gasteiger partial charge in [-0.25, -0.2) is 0 Å². The van der Waals surface area contributed by atoms with Crippen molar-refractivity contribution in [2.24, 2.45) is 0 Å². The van der Waals surface area contributed by atoms with Crippen molar-refractivity contribution >= 4 is 23.0 Å². The van der Waals surface area contributed by atoms with Gasteiger partial charge in [-0.15, -0.1) is 0 Å². The molecule has 0 spiro atoms. The number of nitrogens with one attached hydrogen (secondary N) is 2. The maximum Gasteiger partial charge on any atom is 0.253 e. The molecule has 0 bridgehead atoms. The molecule has 1 amide bonds. The fraction of sp³-hybridized carbons (Fsp3) is 0.250. The fourth-order valence-electron chi connectivity index (χ4n) is 2.39. The number of rotatable bonds is 4. The summed E-state index contributed by atoms with van der Waals surface area (Å²) >= 11 is 0. The first-order chi connectivity index (χ1) is 12.0. The molecule has 0 aliphatic carbocycles. The van der Waals surface area contributed by atoms with Crippen LogP contribution in [0, 0.1) is 23.5 Å². The van der Waals surface area contributed by atoms with Gasteiger partial charge in [0, 0.05) is 18.0 Å². The van der Waals surface area contributed by atoms with Crippen LogP contribution < -0.4 is 10.6 Å². The SMILES string of the molecule is O=C(Nc1ccc(Nc2c(F)c(F)nc(F)c2F)cc1)C1CCCO1. The highest BCUT2D eigenvalue weighted by molar-refractivity contribution is 5.94. The molecule has 3 rings (SSSR count). The van der Waals surface area contributed by atoms with Crippen molar-refractivity contribution in [1.29, 1.82) is 0 Å². The summed E-state index contributed by atoms with van der Waals surface area (Å²) in [6.45, 7) is 0.539. The molecule has 2 N–H and O–H groups in total. The van der Waals surface area contributed by atoms with Crippen molar-refractivity contribution in [2.75, 3.05) is 17.2 Å². The molecule has 5 nitrogen and oxygen atoms in total. The average molecular weight is 355 g/mol. The summed E-state index contributed by atoms with van der Waals surface area (Å²) in [6.07, 6.45) is 0.962. The molecule has 1 aromatic carbocycles. The molecule has 1 atom stereocenters. The lowest BCUT2D eigenvalue weighted by atomic mass is 10.2. The van der Waals surface area contributed by atoms with E-state index in [0.29, 0.717) is 18.7 Å². The van der Waals surface area contributed by atoms with Crippen LogP contribution >= 0.6 is 0 Å². The van der Waals surface area contributed by atoms with Crippen LogP contribution in [-0.4, -0.2) is 23.6 Å². The zero-order valence-electron chi connectivity index (χ0n) is 12.8. The molecule has 1 aliphatic heterocycles. The lowest BCUT2D eigenvalue weighted by molar-refractivity contribution is -0.124. The minimum absolute atomic E-state index is 0.165. The Hall–Kier alpha value is -2.68. The standard InChI is InChI=1S/C16H13F4N3O2/c17-11-13(12(18)15(20)23-14(11)19)21-8-3-5-9(6-4-8)22-16(24)10-2-1-7-25-10/h3-6,10H,1-2,7H2,(H,21,23)(H,22,24). The summed E-state index contributed by atoms with van der Waals surface area (Å²) in [7, 11) is 0. The number of hydrogen-bond acceptors (Lipinski definition) is 4. The molecule has 0 saturated carbocycles. The van der Waals surface area contributed by atoms with Crippen LogP contribution in [0.2, 0.25) is 0 Å². The number of aromatic nitrogens is 1. The highest BCUT2D eigenvalue weighted by Gasteiger charge is 2.24. The Balaban J connectivity index is 1.72. The second kappa shape index (κ2) is 7.06. The highest BCUT2D eigenvalue weighted by atomic mass is 19.2. The van der Waals surface area contributed by atoms with E-state index in [0.717, 1.165) is 6.42 Å². The molecule has 1 unspecified atom stereocenters. The van der Waals surface area contributed by atoms with Crippen LogP contribution in [0.15, 0.2) is 24.3 Å². The first-order valence-corrected chi connectivity index (χ1v) is 7.45. The van der Waals surface area contributed by atoms with Crippen LogP contribution in [0.3, 0.4) is 0 Å². The Morgan fingerprint density at radius 3 is 2.20 bits per heavy atom. The van der Waals surface area contributed by atoms with E-state index in [9.17, 15) is 22.4 Å². The highest BCUT2D eigenvalue weighted by Crippen LogP contribution is 2.26. The molecule has 1 aliphatic rings. The largest absolute Gasteiger partial charge is 0.368 e. The molecule has 0 radical (unpaired) electrons. The van der Waals surface area contributed by atoms with Gasteiger partial charge >= 0.3 is 0 Å². The van der Waals surface area contributed by atoms with E-state index < -0.39 is 35.3 Å². The van der Waals surface area contributed by atoms with Crippen LogP contribution in [0.1, 0.15) is 12.8 Å². The number of amides is 1. The predicted molar refractivity (Wildman–Crippen MR) is 81.4 cm³/mol. The molecule has 1 aromatic heterocycles. The third-order valence-corrected chi connectivity index (χ3v) is 3.64. The van der Waals surface area contributed by atoms with Gasteiger partial charge in [-0.1, -0.05) is 0 Å². The third-order valence-electron chi connectivity index (χ3n) is 3.64. The van der Waals surface area contributed by atoms with E-state index in [-0.39, 0.29) is 11.6 Å². The Labute approximate surface area is 140 Å². The summed E-state index contributed by atoms with van der Waals surface area (Å²) in [6, 6.07) is 5.72. The van der Waals surface area contributed by atoms with Gasteiger partial charge in [0.25, 0.3) is 17.8 Å². The lowest BCUT2D eigenvalue weighted by Gasteiger charge is -2.12. The van der Waals surface area contributed by atoms with E-state index in [1.807, 2.05) is 0 Å². The average Bonchev–Trinajstić information content (AvgIpc) is 3.13. The first-order valence-electron chi connectivity index (χ1n) is 7.45. The van der Waals surface area contributed by atoms with Crippen LogP contribution in [0.25, 0.3) is 0 Å². The topological polar surface area (TPSA) is 63.2 Å². The molecule has 1 fully saturated rings. The number of benzene rings is 1. The van der Waals surface area contributed by atoms with Gasteiger partial charge in [0.15, 0.2) is 0 Å². The summed E-state index contributed by atoms with van der Waals surface area (Å²) in [5.41, 5.74) is -0.377. The quantitative estimate of drug-likeness (QED) is 0.651. The zero-order chi connectivity index (χ0) is 18.0. The van der Waals surface area contributed by atoms with Crippen molar-refractivity contribution in [2.45, 2.75) is 18.9 Å². The number of pyridine rings is 1. The van der Waals surface area contributed by atoms with Gasteiger partial charge in [-0.05, 0) is 37.1 Å². The molecule has 2 heterocycles. The first kappa shape index (κ1) is 17.2. The van der Waals surface area contributed by atoms with E-state index in [2.05, 4.69) is 15.6 Å². The van der Waals surface area contributed by atoms with Crippen LogP contribution in [0.4, 0.5) is 34.6 Å². The predicted octanol–water partition coefficient (Wildman–Crippen LogP) is 3.50. The van der Waals surface area contributed by atoms with Crippen LogP contribution in [0.5, 0.6) is 0 Å². The van der Waals surface area contributed by atoms with Crippen LogP contribution in [-0.2, 0) is 9.53 Å². The van der Waals surface area contributed by atoms with E-state index >= 15 is 0 Å². The second-order valence-corrected chi connectivity index (χ2v) is 5.39. The van der Waals surface area contributed by atoms with Gasteiger partial charge in [0.2, 0.25) is 11.6 Å². The smallest absolute Gasteiger partial charge is 0.253 e. The Morgan fingerprint density at radius 2 is 1.64 bits per heavy atom. The summed E-state index contributed by atoms with van der Waals surface area (Å²) < 4.78 is 58.6. The minimum Gasteiger partial charge on any atom is -0.368 e. The van der Waals surface area contributed by atoms with Crippen molar-refractivity contribution in [3.05, 3.63) is 47.8 Å². The summed E-state index contributed by atoms with van der Waals surface area (Å²) in [4.78, 5) is 14.4. The van der Waals surface area contributed by atoms with Gasteiger partial charge in [0.05, 0.1) is 0 Å². The maximum atomic E-state index is 13.6. The third kappa shape index (κ3) is 3.71. The van der Waals surface area contributed by atoms with Gasteiger partial charge in [-0.2, -0.15) is 22.5 Å². The van der Waals surface area contributed by atoms with E-state index in [4.69, 9.17) is 4.74 Å². The van der Waals surface area contributed by atoms with Gasteiger partial charge in [-0.3, -0.25) is 4.79 Å². The number of anilines is 3. The monoisotopic (exact) mass is 355 g/mol. The van der Waals surface area contributed by atoms with E-state index in [1.165, 1.54) is 24.3 Å². The lowest BCUT2D eigenvalue weighted by Crippen LogP contribution is -2.26. The Bertz CT molecular complexity index is 767. The number of carbonyl (C=O) groups is 1. The maximum absolute atomic E-state index is 13.6. The number of carbonyl (C=O) groups excluding carboxylic acids is 1. The molecule has 1 saturated heterocycles. The fourth-order valence-corrected chi connectivity index (χ4v) is 2.39. The molecule has 25 heavy (non-hydrogen) atoms. The normalized spacial score (nSPS) is 16.7. The molecule has 9 heteroatoms. The summed E-state index contributed by atoms with van der Waals surface area (Å²) in [5.74, 6) is -7.04. The number of hydrogen-bond donors (Lipinski definition) is 2. The number of nitrogens with zero attached hydrogens (tertiary/aromatic N) is 1. The Morgan fingerprint density at radius 1 is 1.04 bits per heavy atom. The molecule has 132 valence electrons. The summed E-state index contributed by atoms with van der Waals surface area (Å²) in [5, 5.41) is 4.90. The van der Waals surface area contributed by atoms with Crippen molar-refractivity contribution in [3.63, 3.8) is 0 Å². The molecular weight excluding hydrogens is 342 g/mol. The van der Waals surface area contributed by atoms with Gasteiger partial charge in [0.1, 0.15) is 11.8 Å².